The Morgan fingerprint density at radius 3 is 2.89 bits per heavy atom. The second-order valence-corrected chi connectivity index (χ2v) is 6.11. The van der Waals surface area contributed by atoms with Crippen molar-refractivity contribution in [2.45, 2.75) is 16.9 Å². The molecule has 8 heteroatoms. The van der Waals surface area contributed by atoms with Crippen LogP contribution < -0.4 is 4.72 Å². The molecule has 0 radical (unpaired) electrons. The summed E-state index contributed by atoms with van der Waals surface area (Å²) in [5.74, 6) is 0. The van der Waals surface area contributed by atoms with E-state index >= 15 is 0 Å². The molecule has 0 aliphatic carbocycles. The van der Waals surface area contributed by atoms with Gasteiger partial charge in [-0.05, 0) is 12.1 Å². The largest absolute Gasteiger partial charge is 0.386 e. The van der Waals surface area contributed by atoms with Gasteiger partial charge in [0.2, 0.25) is 10.0 Å². The molecule has 0 bridgehead atoms. The Morgan fingerprint density at radius 2 is 2.37 bits per heavy atom. The van der Waals surface area contributed by atoms with Gasteiger partial charge < -0.3 is 9.84 Å². The van der Waals surface area contributed by atoms with E-state index in [1.165, 1.54) is 12.1 Å². The third kappa shape index (κ3) is 3.27. The van der Waals surface area contributed by atoms with Gasteiger partial charge in [-0.3, -0.25) is 0 Å². The minimum Gasteiger partial charge on any atom is -0.386 e. The van der Waals surface area contributed by atoms with Crippen molar-refractivity contribution in [3.05, 3.63) is 24.0 Å². The van der Waals surface area contributed by atoms with E-state index in [2.05, 4.69) is 9.71 Å². The fraction of sp³-hybridized carbons (Fsp3) is 0.455. The SMILES string of the molecule is N#Cc1ccc(S(=O)(=O)NCC2(O)CCOC2)cn1. The van der Waals surface area contributed by atoms with Gasteiger partial charge in [-0.15, -0.1) is 0 Å². The molecule has 2 N–H and O–H groups in total. The third-order valence-electron chi connectivity index (χ3n) is 2.83. The monoisotopic (exact) mass is 283 g/mol. The van der Waals surface area contributed by atoms with Crippen LogP contribution >= 0.6 is 0 Å². The number of nitriles is 1. The molecule has 1 aromatic heterocycles. The lowest BCUT2D eigenvalue weighted by atomic mass is 10.1. The van der Waals surface area contributed by atoms with E-state index in [4.69, 9.17) is 10.00 Å². The van der Waals surface area contributed by atoms with Gasteiger partial charge in [0, 0.05) is 25.8 Å². The Hall–Kier alpha value is -1.53. The minimum atomic E-state index is -3.75. The molecule has 1 aliphatic heterocycles. The average Bonchev–Trinajstić information content (AvgIpc) is 2.84. The number of rotatable bonds is 4. The van der Waals surface area contributed by atoms with Crippen LogP contribution in [0, 0.1) is 11.3 Å². The zero-order valence-electron chi connectivity index (χ0n) is 10.0. The van der Waals surface area contributed by atoms with Gasteiger partial charge in [0.25, 0.3) is 0 Å². The average molecular weight is 283 g/mol. The van der Waals surface area contributed by atoms with Crippen LogP contribution in [0.25, 0.3) is 0 Å². The molecule has 1 saturated heterocycles. The highest BCUT2D eigenvalue weighted by Gasteiger charge is 2.33. The van der Waals surface area contributed by atoms with Crippen LogP contribution in [0.4, 0.5) is 0 Å². The molecule has 1 aromatic rings. The van der Waals surface area contributed by atoms with Crippen molar-refractivity contribution in [3.8, 4) is 6.07 Å². The molecule has 1 aliphatic rings. The number of pyridine rings is 1. The first-order valence-corrected chi connectivity index (χ1v) is 7.09. The van der Waals surface area contributed by atoms with Gasteiger partial charge in [-0.25, -0.2) is 18.1 Å². The van der Waals surface area contributed by atoms with Crippen LogP contribution in [-0.4, -0.2) is 43.9 Å². The highest BCUT2D eigenvalue weighted by atomic mass is 32.2. The van der Waals surface area contributed by atoms with Crippen molar-refractivity contribution in [1.82, 2.24) is 9.71 Å². The summed E-state index contributed by atoms with van der Waals surface area (Å²) >= 11 is 0. The summed E-state index contributed by atoms with van der Waals surface area (Å²) in [7, 11) is -3.75. The van der Waals surface area contributed by atoms with Crippen LogP contribution in [0.2, 0.25) is 0 Å². The van der Waals surface area contributed by atoms with Gasteiger partial charge in [0.15, 0.2) is 0 Å². The Morgan fingerprint density at radius 1 is 1.58 bits per heavy atom. The van der Waals surface area contributed by atoms with Crippen molar-refractivity contribution < 1.29 is 18.3 Å². The molecule has 1 atom stereocenters. The Labute approximate surface area is 110 Å². The molecule has 2 rings (SSSR count). The molecule has 102 valence electrons. The Balaban J connectivity index is 2.07. The number of aliphatic hydroxyl groups is 1. The second kappa shape index (κ2) is 5.22. The van der Waals surface area contributed by atoms with E-state index in [1.807, 2.05) is 0 Å². The quantitative estimate of drug-likeness (QED) is 0.761. The van der Waals surface area contributed by atoms with Crippen LogP contribution in [-0.2, 0) is 14.8 Å². The molecule has 0 saturated carbocycles. The predicted molar refractivity (Wildman–Crippen MR) is 64.5 cm³/mol. The van der Waals surface area contributed by atoms with Crippen molar-refractivity contribution in [2.75, 3.05) is 19.8 Å². The van der Waals surface area contributed by atoms with E-state index < -0.39 is 15.6 Å². The maximum absolute atomic E-state index is 11.9. The predicted octanol–water partition coefficient (Wildman–Crippen LogP) is -0.617. The smallest absolute Gasteiger partial charge is 0.242 e. The van der Waals surface area contributed by atoms with Gasteiger partial charge >= 0.3 is 0 Å². The Kier molecular flexibility index (Phi) is 3.82. The summed E-state index contributed by atoms with van der Waals surface area (Å²) in [5.41, 5.74) is -1.02. The molecular weight excluding hydrogens is 270 g/mol. The van der Waals surface area contributed by atoms with E-state index in [0.29, 0.717) is 13.0 Å². The highest BCUT2D eigenvalue weighted by molar-refractivity contribution is 7.89. The number of aromatic nitrogens is 1. The van der Waals surface area contributed by atoms with Gasteiger partial charge in [-0.1, -0.05) is 0 Å². The standard InChI is InChI=1S/C11H13N3O4S/c12-5-9-1-2-10(6-13-9)19(16,17)14-7-11(15)3-4-18-8-11/h1-2,6,14-15H,3-4,7-8H2. The van der Waals surface area contributed by atoms with Crippen molar-refractivity contribution >= 4 is 10.0 Å². The zero-order valence-corrected chi connectivity index (χ0v) is 10.9. The maximum Gasteiger partial charge on any atom is 0.242 e. The van der Waals surface area contributed by atoms with Crippen LogP contribution in [0.3, 0.4) is 0 Å². The maximum atomic E-state index is 11.9. The first-order chi connectivity index (χ1) is 8.95. The van der Waals surface area contributed by atoms with Gasteiger partial charge in [-0.2, -0.15) is 5.26 Å². The molecule has 0 spiro atoms. The molecule has 1 fully saturated rings. The lowest BCUT2D eigenvalue weighted by Gasteiger charge is -2.20. The van der Waals surface area contributed by atoms with Crippen molar-refractivity contribution in [2.24, 2.45) is 0 Å². The minimum absolute atomic E-state index is 0.0472. The summed E-state index contributed by atoms with van der Waals surface area (Å²) in [6.07, 6.45) is 1.50. The molecule has 0 aromatic carbocycles. The fourth-order valence-corrected chi connectivity index (χ4v) is 2.72. The van der Waals surface area contributed by atoms with E-state index in [0.717, 1.165) is 6.20 Å². The number of hydrogen-bond acceptors (Lipinski definition) is 6. The molecular formula is C11H13N3O4S. The third-order valence-corrected chi connectivity index (χ3v) is 4.22. The summed E-state index contributed by atoms with van der Waals surface area (Å²) in [5, 5.41) is 18.6. The Bertz CT molecular complexity index is 585. The van der Waals surface area contributed by atoms with Gasteiger partial charge in [0.05, 0.1) is 6.61 Å². The fourth-order valence-electron chi connectivity index (χ4n) is 1.65. The first-order valence-electron chi connectivity index (χ1n) is 5.61. The number of ether oxygens (including phenoxy) is 1. The lowest BCUT2D eigenvalue weighted by molar-refractivity contribution is 0.0314. The number of hydrogen-bond donors (Lipinski definition) is 2. The second-order valence-electron chi connectivity index (χ2n) is 4.34. The number of nitrogens with one attached hydrogen (secondary N) is 1. The van der Waals surface area contributed by atoms with E-state index in [9.17, 15) is 13.5 Å². The molecule has 7 nitrogen and oxygen atoms in total. The molecule has 2 heterocycles. The summed E-state index contributed by atoms with van der Waals surface area (Å²) in [6.45, 7) is 0.410. The summed E-state index contributed by atoms with van der Waals surface area (Å²) in [6, 6.07) is 4.42. The highest BCUT2D eigenvalue weighted by Crippen LogP contribution is 2.18. The number of sulfonamides is 1. The summed E-state index contributed by atoms with van der Waals surface area (Å²) in [4.78, 5) is 3.65. The normalized spacial score (nSPS) is 23.2. The molecule has 1 unspecified atom stereocenters. The zero-order chi connectivity index (χ0) is 13.9. The lowest BCUT2D eigenvalue weighted by Crippen LogP contribution is -2.43. The van der Waals surface area contributed by atoms with Crippen LogP contribution in [0.15, 0.2) is 23.2 Å². The summed E-state index contributed by atoms with van der Waals surface area (Å²) < 4.78 is 31.2. The molecule has 19 heavy (non-hydrogen) atoms. The van der Waals surface area contributed by atoms with Crippen molar-refractivity contribution in [1.29, 1.82) is 5.26 Å². The van der Waals surface area contributed by atoms with Crippen LogP contribution in [0.1, 0.15) is 12.1 Å². The topological polar surface area (TPSA) is 112 Å². The number of nitrogens with zero attached hydrogens (tertiary/aromatic N) is 2. The van der Waals surface area contributed by atoms with Gasteiger partial charge in [0.1, 0.15) is 22.3 Å². The van der Waals surface area contributed by atoms with Crippen LogP contribution in [0.5, 0.6) is 0 Å². The molecule has 0 amide bonds. The van der Waals surface area contributed by atoms with E-state index in [-0.39, 0.29) is 23.7 Å². The van der Waals surface area contributed by atoms with Crippen molar-refractivity contribution in [3.63, 3.8) is 0 Å². The first kappa shape index (κ1) is 13.9. The van der Waals surface area contributed by atoms with E-state index in [1.54, 1.807) is 6.07 Å².